The van der Waals surface area contributed by atoms with Gasteiger partial charge in [-0.2, -0.15) is 0 Å². The topological polar surface area (TPSA) is 0 Å². The quantitative estimate of drug-likeness (QED) is 0.157. The second kappa shape index (κ2) is 12.9. The van der Waals surface area contributed by atoms with E-state index in [1.165, 1.54) is 121 Å². The molecule has 12 rings (SSSR count). The van der Waals surface area contributed by atoms with Gasteiger partial charge in [-0.1, -0.05) is 178 Å². The molecule has 0 fully saturated rings. The molecular weight excluding hydrogens is 709 g/mol. The molecule has 0 atom stereocenters. The van der Waals surface area contributed by atoms with E-state index in [1.54, 1.807) is 0 Å². The summed E-state index contributed by atoms with van der Waals surface area (Å²) in [6, 6.07) is 77.1. The summed E-state index contributed by atoms with van der Waals surface area (Å²) in [6.45, 7) is 4.83. The molecule has 0 heteroatoms. The molecule has 1 aliphatic rings. The lowest BCUT2D eigenvalue weighted by molar-refractivity contribution is 0.661. The van der Waals surface area contributed by atoms with Crippen molar-refractivity contribution in [3.8, 4) is 55.6 Å². The third-order valence-electron chi connectivity index (χ3n) is 13.2. The van der Waals surface area contributed by atoms with Crippen LogP contribution in [0.2, 0.25) is 0 Å². The molecule has 0 radical (unpaired) electrons. The van der Waals surface area contributed by atoms with Crippen LogP contribution in [0.15, 0.2) is 206 Å². The van der Waals surface area contributed by atoms with Crippen molar-refractivity contribution in [1.29, 1.82) is 0 Å². The van der Waals surface area contributed by atoms with Gasteiger partial charge in [0.25, 0.3) is 0 Å². The Morgan fingerprint density at radius 1 is 0.254 bits per heavy atom. The van der Waals surface area contributed by atoms with E-state index in [9.17, 15) is 0 Å². The molecular formula is C59H40. The van der Waals surface area contributed by atoms with Crippen molar-refractivity contribution in [2.75, 3.05) is 0 Å². The molecule has 0 heterocycles. The second-order valence-electron chi connectivity index (χ2n) is 16.9. The Hall–Kier alpha value is -7.28. The Kier molecular flexibility index (Phi) is 7.38. The first kappa shape index (κ1) is 33.8. The first-order valence-electron chi connectivity index (χ1n) is 20.7. The third-order valence-corrected chi connectivity index (χ3v) is 13.2. The highest BCUT2D eigenvalue weighted by atomic mass is 14.4. The maximum atomic E-state index is 2.55. The number of hydrogen-bond acceptors (Lipinski definition) is 0. The average Bonchev–Trinajstić information content (AvgIpc) is 3.51. The van der Waals surface area contributed by atoms with Crippen molar-refractivity contribution in [2.45, 2.75) is 19.3 Å². The predicted octanol–water partition coefficient (Wildman–Crippen LogP) is 16.4. The summed E-state index contributed by atoms with van der Waals surface area (Å²) in [5, 5.41) is 12.7. The van der Waals surface area contributed by atoms with E-state index >= 15 is 0 Å². The standard InChI is InChI=1S/C59H40/c1-59(2)55-34-46(45-25-24-43-30-42(22-23-44(43)31-45)37-12-4-3-5-13-37)28-29-49(55)52-35-53-54(36-56(52)59)58(48-27-21-39-15-7-9-17-41(39)33-48)51-19-11-10-18-50(51)57(53)47-26-20-38-14-6-8-16-40(38)32-47/h3-36H,1-2H3. The molecule has 0 spiro atoms. The van der Waals surface area contributed by atoms with Gasteiger partial charge in [0.2, 0.25) is 0 Å². The molecule has 276 valence electrons. The molecule has 0 bridgehead atoms. The van der Waals surface area contributed by atoms with E-state index in [0.29, 0.717) is 0 Å². The second-order valence-corrected chi connectivity index (χ2v) is 16.9. The molecule has 59 heavy (non-hydrogen) atoms. The minimum Gasteiger partial charge on any atom is -0.0622 e. The van der Waals surface area contributed by atoms with Crippen molar-refractivity contribution < 1.29 is 0 Å². The van der Waals surface area contributed by atoms with Gasteiger partial charge in [0.15, 0.2) is 0 Å². The van der Waals surface area contributed by atoms with Gasteiger partial charge in [0, 0.05) is 5.41 Å². The third kappa shape index (κ3) is 5.30. The first-order valence-corrected chi connectivity index (χ1v) is 20.7. The zero-order valence-electron chi connectivity index (χ0n) is 33.1. The van der Waals surface area contributed by atoms with Gasteiger partial charge in [-0.05, 0) is 163 Å². The molecule has 0 aliphatic heterocycles. The lowest BCUT2D eigenvalue weighted by Crippen LogP contribution is -2.15. The number of fused-ring (bicyclic) bond motifs is 8. The van der Waals surface area contributed by atoms with Crippen molar-refractivity contribution >= 4 is 53.9 Å². The van der Waals surface area contributed by atoms with E-state index in [-0.39, 0.29) is 5.41 Å². The lowest BCUT2D eigenvalue weighted by atomic mass is 9.79. The van der Waals surface area contributed by atoms with Crippen molar-refractivity contribution in [1.82, 2.24) is 0 Å². The zero-order valence-corrected chi connectivity index (χ0v) is 33.1. The van der Waals surface area contributed by atoms with Gasteiger partial charge < -0.3 is 0 Å². The fraction of sp³-hybridized carbons (Fsp3) is 0.0508. The van der Waals surface area contributed by atoms with Crippen molar-refractivity contribution in [3.05, 3.63) is 217 Å². The fourth-order valence-electron chi connectivity index (χ4n) is 10.1. The van der Waals surface area contributed by atoms with Gasteiger partial charge in [-0.15, -0.1) is 0 Å². The van der Waals surface area contributed by atoms with Crippen LogP contribution in [0.3, 0.4) is 0 Å². The number of benzene rings is 11. The zero-order chi connectivity index (χ0) is 39.2. The van der Waals surface area contributed by atoms with Crippen LogP contribution < -0.4 is 0 Å². The van der Waals surface area contributed by atoms with E-state index in [4.69, 9.17) is 0 Å². The molecule has 11 aromatic rings. The summed E-state index contributed by atoms with van der Waals surface area (Å²) in [7, 11) is 0. The smallest absolute Gasteiger partial charge is 0.0159 e. The highest BCUT2D eigenvalue weighted by Gasteiger charge is 2.37. The SMILES string of the molecule is CC1(C)c2cc(-c3ccc4cc(-c5ccccc5)ccc4c3)ccc2-c2cc3c(-c4ccc5ccccc5c4)c4ccccc4c(-c4ccc5ccccc5c4)c3cc21. The van der Waals surface area contributed by atoms with Crippen LogP contribution in [0.5, 0.6) is 0 Å². The lowest BCUT2D eigenvalue weighted by Gasteiger charge is -2.24. The summed E-state index contributed by atoms with van der Waals surface area (Å²) in [4.78, 5) is 0. The Balaban J connectivity index is 1.07. The van der Waals surface area contributed by atoms with Gasteiger partial charge in [0.05, 0.1) is 0 Å². The predicted molar refractivity (Wildman–Crippen MR) is 253 cm³/mol. The summed E-state index contributed by atoms with van der Waals surface area (Å²) < 4.78 is 0. The molecule has 0 nitrogen and oxygen atoms in total. The Labute approximate surface area is 344 Å². The highest BCUT2D eigenvalue weighted by Crippen LogP contribution is 2.54. The summed E-state index contributed by atoms with van der Waals surface area (Å²) in [6.07, 6.45) is 0. The maximum absolute atomic E-state index is 2.55. The van der Waals surface area contributed by atoms with Crippen LogP contribution in [0.4, 0.5) is 0 Å². The van der Waals surface area contributed by atoms with Crippen LogP contribution in [0.1, 0.15) is 25.0 Å². The average molecular weight is 749 g/mol. The van der Waals surface area contributed by atoms with Crippen LogP contribution >= 0.6 is 0 Å². The van der Waals surface area contributed by atoms with Gasteiger partial charge >= 0.3 is 0 Å². The van der Waals surface area contributed by atoms with Crippen LogP contribution in [0.25, 0.3) is 109 Å². The largest absolute Gasteiger partial charge is 0.0622 e. The van der Waals surface area contributed by atoms with Crippen molar-refractivity contribution in [2.24, 2.45) is 0 Å². The first-order chi connectivity index (χ1) is 29.0. The minimum absolute atomic E-state index is 0.203. The molecule has 1 aliphatic carbocycles. The van der Waals surface area contributed by atoms with E-state index in [0.717, 1.165) is 0 Å². The minimum atomic E-state index is -0.203. The van der Waals surface area contributed by atoms with Crippen LogP contribution in [-0.4, -0.2) is 0 Å². The van der Waals surface area contributed by atoms with E-state index in [2.05, 4.69) is 220 Å². The Morgan fingerprint density at radius 3 is 1.27 bits per heavy atom. The maximum Gasteiger partial charge on any atom is 0.0159 e. The Morgan fingerprint density at radius 2 is 0.661 bits per heavy atom. The van der Waals surface area contributed by atoms with Gasteiger partial charge in [-0.3, -0.25) is 0 Å². The number of hydrogen-bond donors (Lipinski definition) is 0. The van der Waals surface area contributed by atoms with Crippen LogP contribution in [-0.2, 0) is 5.41 Å². The highest BCUT2D eigenvalue weighted by molar-refractivity contribution is 6.23. The number of rotatable bonds is 4. The summed E-state index contributed by atoms with van der Waals surface area (Å²) >= 11 is 0. The summed E-state index contributed by atoms with van der Waals surface area (Å²) in [5.74, 6) is 0. The van der Waals surface area contributed by atoms with E-state index < -0.39 is 0 Å². The molecule has 0 saturated carbocycles. The Bertz CT molecular complexity index is 3510. The summed E-state index contributed by atoms with van der Waals surface area (Å²) in [5.41, 5.74) is 15.3. The van der Waals surface area contributed by atoms with E-state index in [1.807, 2.05) is 0 Å². The van der Waals surface area contributed by atoms with Crippen molar-refractivity contribution in [3.63, 3.8) is 0 Å². The molecule has 0 amide bonds. The molecule has 11 aromatic carbocycles. The molecule has 0 saturated heterocycles. The monoisotopic (exact) mass is 748 g/mol. The van der Waals surface area contributed by atoms with Gasteiger partial charge in [0.1, 0.15) is 0 Å². The normalized spacial score (nSPS) is 13.1. The molecule has 0 unspecified atom stereocenters. The molecule has 0 aromatic heterocycles. The molecule has 0 N–H and O–H groups in total. The fourth-order valence-corrected chi connectivity index (χ4v) is 10.1. The van der Waals surface area contributed by atoms with Gasteiger partial charge in [-0.25, -0.2) is 0 Å². The van der Waals surface area contributed by atoms with Crippen LogP contribution in [0, 0.1) is 0 Å².